The van der Waals surface area contributed by atoms with E-state index in [0.717, 1.165) is 5.56 Å². The number of carboxylic acids is 1. The largest absolute Gasteiger partial charge is 0.481 e. The lowest BCUT2D eigenvalue weighted by atomic mass is 9.97. The van der Waals surface area contributed by atoms with Crippen molar-refractivity contribution in [3.05, 3.63) is 24.0 Å². The van der Waals surface area contributed by atoms with Gasteiger partial charge >= 0.3 is 12.0 Å². The van der Waals surface area contributed by atoms with Gasteiger partial charge in [-0.05, 0) is 18.6 Å². The fourth-order valence-corrected chi connectivity index (χ4v) is 1.94. The number of nitrogens with zero attached hydrogens (tertiary/aromatic N) is 2. The van der Waals surface area contributed by atoms with E-state index < -0.39 is 5.97 Å². The maximum absolute atomic E-state index is 11.8. The van der Waals surface area contributed by atoms with Crippen LogP contribution in [0.5, 0.6) is 0 Å². The van der Waals surface area contributed by atoms with Crippen molar-refractivity contribution in [3.8, 4) is 0 Å². The van der Waals surface area contributed by atoms with Crippen molar-refractivity contribution in [1.29, 1.82) is 0 Å². The summed E-state index contributed by atoms with van der Waals surface area (Å²) in [4.78, 5) is 27.8. The first-order valence-electron chi connectivity index (χ1n) is 5.74. The zero-order chi connectivity index (χ0) is 13.1. The highest BCUT2D eigenvalue weighted by atomic mass is 16.4. The lowest BCUT2D eigenvalue weighted by Gasteiger charge is -2.38. The molecule has 0 atom stereocenters. The minimum absolute atomic E-state index is 0.0730. The summed E-state index contributed by atoms with van der Waals surface area (Å²) in [5.74, 6) is -0.744. The number of rotatable bonds is 3. The van der Waals surface area contributed by atoms with E-state index >= 15 is 0 Å². The van der Waals surface area contributed by atoms with Gasteiger partial charge < -0.3 is 15.3 Å². The Labute approximate surface area is 105 Å². The third-order valence-corrected chi connectivity index (χ3v) is 2.83. The highest BCUT2D eigenvalue weighted by molar-refractivity contribution is 5.89. The van der Waals surface area contributed by atoms with Gasteiger partial charge in [0.15, 0.2) is 0 Å². The predicted molar refractivity (Wildman–Crippen MR) is 65.3 cm³/mol. The Hall–Kier alpha value is -2.11. The van der Waals surface area contributed by atoms with E-state index in [2.05, 4.69) is 10.3 Å². The number of urea groups is 1. The van der Waals surface area contributed by atoms with Crippen molar-refractivity contribution in [2.75, 3.05) is 18.4 Å². The molecule has 0 unspecified atom stereocenters. The van der Waals surface area contributed by atoms with Crippen LogP contribution in [0.4, 0.5) is 10.5 Å². The normalized spacial score (nSPS) is 15.1. The van der Waals surface area contributed by atoms with Crippen LogP contribution in [0.2, 0.25) is 0 Å². The van der Waals surface area contributed by atoms with Gasteiger partial charge in [0.05, 0.1) is 18.3 Å². The minimum Gasteiger partial charge on any atom is -0.481 e. The molecule has 1 aliphatic heterocycles. The van der Waals surface area contributed by atoms with Crippen LogP contribution in [0.15, 0.2) is 18.5 Å². The van der Waals surface area contributed by atoms with Gasteiger partial charge in [-0.25, -0.2) is 4.79 Å². The number of anilines is 1. The Morgan fingerprint density at radius 3 is 2.83 bits per heavy atom. The molecule has 2 N–H and O–H groups in total. The second-order valence-electron chi connectivity index (χ2n) is 4.55. The van der Waals surface area contributed by atoms with E-state index in [1.165, 1.54) is 0 Å². The number of aliphatic carboxylic acids is 1. The standard InChI is InChI=1S/C12H15N3O3/c1-8-2-10(5-13-4-8)14-12(18)15-6-9(7-15)3-11(16)17/h2,4-5,9H,3,6-7H2,1H3,(H,14,18)(H,16,17). The lowest BCUT2D eigenvalue weighted by Crippen LogP contribution is -2.52. The second kappa shape index (κ2) is 5.03. The monoisotopic (exact) mass is 249 g/mol. The Balaban J connectivity index is 1.82. The summed E-state index contributed by atoms with van der Waals surface area (Å²) in [7, 11) is 0. The lowest BCUT2D eigenvalue weighted by molar-refractivity contribution is -0.139. The summed E-state index contributed by atoms with van der Waals surface area (Å²) in [5, 5.41) is 11.3. The zero-order valence-electron chi connectivity index (χ0n) is 10.1. The molecule has 96 valence electrons. The SMILES string of the molecule is Cc1cncc(NC(=O)N2CC(CC(=O)O)C2)c1. The maximum atomic E-state index is 11.8. The van der Waals surface area contributed by atoms with Gasteiger partial charge in [0.1, 0.15) is 0 Å². The van der Waals surface area contributed by atoms with Crippen LogP contribution in [0.1, 0.15) is 12.0 Å². The number of carbonyl (C=O) groups excluding carboxylic acids is 1. The molecular formula is C12H15N3O3. The first-order valence-corrected chi connectivity index (χ1v) is 5.74. The van der Waals surface area contributed by atoms with Gasteiger partial charge in [0.25, 0.3) is 0 Å². The fourth-order valence-electron chi connectivity index (χ4n) is 1.94. The molecule has 2 rings (SSSR count). The fraction of sp³-hybridized carbons (Fsp3) is 0.417. The van der Waals surface area contributed by atoms with E-state index in [4.69, 9.17) is 5.11 Å². The van der Waals surface area contributed by atoms with Crippen molar-refractivity contribution in [3.63, 3.8) is 0 Å². The molecule has 0 aromatic carbocycles. The van der Waals surface area contributed by atoms with Crippen LogP contribution in [-0.4, -0.2) is 40.1 Å². The molecule has 0 bridgehead atoms. The number of carboxylic acid groups (broad SMARTS) is 1. The number of aromatic nitrogens is 1. The molecule has 18 heavy (non-hydrogen) atoms. The van der Waals surface area contributed by atoms with Crippen LogP contribution < -0.4 is 5.32 Å². The van der Waals surface area contributed by atoms with Gasteiger partial charge in [-0.15, -0.1) is 0 Å². The molecule has 0 radical (unpaired) electrons. The molecule has 6 nitrogen and oxygen atoms in total. The summed E-state index contributed by atoms with van der Waals surface area (Å²) in [6.07, 6.45) is 3.41. The van der Waals surface area contributed by atoms with Crippen molar-refractivity contribution in [2.45, 2.75) is 13.3 Å². The molecule has 1 saturated heterocycles. The number of likely N-dealkylation sites (tertiary alicyclic amines) is 1. The van der Waals surface area contributed by atoms with E-state index in [1.807, 2.05) is 13.0 Å². The molecular weight excluding hydrogens is 234 g/mol. The van der Waals surface area contributed by atoms with Gasteiger partial charge in [-0.3, -0.25) is 9.78 Å². The number of nitrogens with one attached hydrogen (secondary N) is 1. The van der Waals surface area contributed by atoms with Crippen molar-refractivity contribution in [1.82, 2.24) is 9.88 Å². The maximum Gasteiger partial charge on any atom is 0.321 e. The van der Waals surface area contributed by atoms with E-state index in [1.54, 1.807) is 17.3 Å². The topological polar surface area (TPSA) is 82.5 Å². The number of pyridine rings is 1. The van der Waals surface area contributed by atoms with Gasteiger partial charge in [-0.1, -0.05) is 0 Å². The summed E-state index contributed by atoms with van der Waals surface area (Å²) in [6, 6.07) is 1.63. The Morgan fingerprint density at radius 1 is 1.50 bits per heavy atom. The minimum atomic E-state index is -0.817. The van der Waals surface area contributed by atoms with E-state index in [0.29, 0.717) is 18.8 Å². The Kier molecular flexibility index (Phi) is 3.45. The average Bonchev–Trinajstić information content (AvgIpc) is 2.22. The molecule has 2 amide bonds. The van der Waals surface area contributed by atoms with Crippen LogP contribution in [-0.2, 0) is 4.79 Å². The molecule has 1 aliphatic rings. The summed E-state index contributed by atoms with van der Waals surface area (Å²) < 4.78 is 0. The highest BCUT2D eigenvalue weighted by Gasteiger charge is 2.31. The predicted octanol–water partition coefficient (Wildman–Crippen LogP) is 1.33. The van der Waals surface area contributed by atoms with E-state index in [9.17, 15) is 9.59 Å². The Bertz CT molecular complexity index is 469. The highest BCUT2D eigenvalue weighted by Crippen LogP contribution is 2.20. The van der Waals surface area contributed by atoms with Crippen LogP contribution in [0.25, 0.3) is 0 Å². The van der Waals surface area contributed by atoms with Crippen molar-refractivity contribution >= 4 is 17.7 Å². The van der Waals surface area contributed by atoms with Crippen molar-refractivity contribution in [2.24, 2.45) is 5.92 Å². The van der Waals surface area contributed by atoms with Crippen LogP contribution in [0, 0.1) is 12.8 Å². The number of amides is 2. The number of aryl methyl sites for hydroxylation is 1. The molecule has 0 saturated carbocycles. The second-order valence-corrected chi connectivity index (χ2v) is 4.55. The quantitative estimate of drug-likeness (QED) is 0.846. The van der Waals surface area contributed by atoms with Crippen LogP contribution >= 0.6 is 0 Å². The average molecular weight is 249 g/mol. The molecule has 1 aromatic rings. The molecule has 0 spiro atoms. The third-order valence-electron chi connectivity index (χ3n) is 2.83. The molecule has 1 fully saturated rings. The summed E-state index contributed by atoms with van der Waals surface area (Å²) in [6.45, 7) is 2.89. The third kappa shape index (κ3) is 2.97. The van der Waals surface area contributed by atoms with Gasteiger partial charge in [0, 0.05) is 25.2 Å². The smallest absolute Gasteiger partial charge is 0.321 e. The van der Waals surface area contributed by atoms with Gasteiger partial charge in [-0.2, -0.15) is 0 Å². The zero-order valence-corrected chi connectivity index (χ0v) is 10.1. The van der Waals surface area contributed by atoms with Crippen LogP contribution in [0.3, 0.4) is 0 Å². The number of hydrogen-bond donors (Lipinski definition) is 2. The number of carbonyl (C=O) groups is 2. The first-order chi connectivity index (χ1) is 8.54. The molecule has 1 aromatic heterocycles. The van der Waals surface area contributed by atoms with Gasteiger partial charge in [0.2, 0.25) is 0 Å². The molecule has 2 heterocycles. The van der Waals surface area contributed by atoms with E-state index in [-0.39, 0.29) is 18.4 Å². The Morgan fingerprint density at radius 2 is 2.22 bits per heavy atom. The summed E-state index contributed by atoms with van der Waals surface area (Å²) >= 11 is 0. The van der Waals surface area contributed by atoms with Crippen molar-refractivity contribution < 1.29 is 14.7 Å². The summed E-state index contributed by atoms with van der Waals surface area (Å²) in [5.41, 5.74) is 1.63. The molecule has 6 heteroatoms. The number of hydrogen-bond acceptors (Lipinski definition) is 3. The first kappa shape index (κ1) is 12.3. The molecule has 0 aliphatic carbocycles.